The Labute approximate surface area is 166 Å². The van der Waals surface area contributed by atoms with Crippen molar-refractivity contribution in [2.24, 2.45) is 0 Å². The zero-order valence-corrected chi connectivity index (χ0v) is 14.9. The van der Waals surface area contributed by atoms with Crippen LogP contribution >= 0.6 is 0 Å². The van der Waals surface area contributed by atoms with Gasteiger partial charge in [-0.25, -0.2) is 4.39 Å². The zero-order valence-electron chi connectivity index (χ0n) is 14.9. The van der Waals surface area contributed by atoms with E-state index < -0.39 is 28.4 Å². The van der Waals surface area contributed by atoms with Gasteiger partial charge in [-0.15, -0.1) is 0 Å². The summed E-state index contributed by atoms with van der Waals surface area (Å²) in [6, 6.07) is 11.9. The van der Waals surface area contributed by atoms with E-state index in [4.69, 9.17) is 4.74 Å². The van der Waals surface area contributed by atoms with Crippen molar-refractivity contribution in [3.63, 3.8) is 0 Å². The maximum Gasteiger partial charge on any atom is 0.416 e. The van der Waals surface area contributed by atoms with Crippen molar-refractivity contribution >= 4 is 17.3 Å². The molecule has 0 saturated carbocycles. The average molecular weight is 420 g/mol. The Hall–Kier alpha value is -3.95. The van der Waals surface area contributed by atoms with Crippen LogP contribution in [0.4, 0.5) is 28.9 Å². The summed E-state index contributed by atoms with van der Waals surface area (Å²) >= 11 is 0. The summed E-state index contributed by atoms with van der Waals surface area (Å²) in [7, 11) is 0. The van der Waals surface area contributed by atoms with Crippen molar-refractivity contribution in [2.75, 3.05) is 5.32 Å². The number of nitrogens with zero attached hydrogens (tertiary/aromatic N) is 1. The summed E-state index contributed by atoms with van der Waals surface area (Å²) in [4.78, 5) is 22.5. The van der Waals surface area contributed by atoms with Crippen LogP contribution in [-0.4, -0.2) is 10.8 Å². The number of hydrogen-bond acceptors (Lipinski definition) is 4. The summed E-state index contributed by atoms with van der Waals surface area (Å²) in [6.45, 7) is 0. The Bertz CT molecular complexity index is 1100. The third-order valence-electron chi connectivity index (χ3n) is 3.92. The SMILES string of the molecule is O=C(Nc1cc(C(F)(F)F)ccc1Oc1cccc(F)c1)c1ccc([N+](=O)[O-])cc1. The van der Waals surface area contributed by atoms with Crippen LogP contribution in [0.15, 0.2) is 66.7 Å². The molecule has 154 valence electrons. The molecule has 0 heterocycles. The van der Waals surface area contributed by atoms with E-state index in [1.54, 1.807) is 0 Å². The number of carbonyl (C=O) groups is 1. The number of non-ortho nitro benzene ring substituents is 1. The van der Waals surface area contributed by atoms with Crippen molar-refractivity contribution in [3.8, 4) is 11.5 Å². The second-order valence-electron chi connectivity index (χ2n) is 6.03. The van der Waals surface area contributed by atoms with Gasteiger partial charge >= 0.3 is 6.18 Å². The van der Waals surface area contributed by atoms with Crippen LogP contribution in [0.1, 0.15) is 15.9 Å². The first kappa shape index (κ1) is 20.8. The molecule has 0 atom stereocenters. The van der Waals surface area contributed by atoms with E-state index >= 15 is 0 Å². The number of hydrogen-bond donors (Lipinski definition) is 1. The third kappa shape index (κ3) is 4.90. The number of rotatable bonds is 5. The van der Waals surface area contributed by atoms with Crippen LogP contribution in [0.3, 0.4) is 0 Å². The number of alkyl halides is 3. The zero-order chi connectivity index (χ0) is 21.9. The Balaban J connectivity index is 1.93. The van der Waals surface area contributed by atoms with Gasteiger partial charge in [-0.2, -0.15) is 13.2 Å². The van der Waals surface area contributed by atoms with Gasteiger partial charge in [0.05, 0.1) is 16.2 Å². The predicted molar refractivity (Wildman–Crippen MR) is 99.0 cm³/mol. The molecule has 3 aromatic rings. The van der Waals surface area contributed by atoms with Crippen molar-refractivity contribution < 1.29 is 32.0 Å². The lowest BCUT2D eigenvalue weighted by Gasteiger charge is -2.15. The Morgan fingerprint density at radius 3 is 2.30 bits per heavy atom. The lowest BCUT2D eigenvalue weighted by Crippen LogP contribution is -2.14. The molecule has 30 heavy (non-hydrogen) atoms. The van der Waals surface area contributed by atoms with Gasteiger partial charge in [-0.3, -0.25) is 14.9 Å². The van der Waals surface area contributed by atoms with Gasteiger partial charge in [-0.1, -0.05) is 6.07 Å². The van der Waals surface area contributed by atoms with E-state index in [2.05, 4.69) is 5.32 Å². The summed E-state index contributed by atoms with van der Waals surface area (Å²) < 4.78 is 58.1. The number of nitro benzene ring substituents is 1. The number of benzene rings is 3. The summed E-state index contributed by atoms with van der Waals surface area (Å²) in [6.07, 6.45) is -4.68. The molecule has 0 bridgehead atoms. The lowest BCUT2D eigenvalue weighted by atomic mass is 10.1. The highest BCUT2D eigenvalue weighted by molar-refractivity contribution is 6.05. The van der Waals surface area contributed by atoms with Crippen LogP contribution in [0.25, 0.3) is 0 Å². The minimum Gasteiger partial charge on any atom is -0.455 e. The fourth-order valence-electron chi connectivity index (χ4n) is 2.48. The molecule has 6 nitrogen and oxygen atoms in total. The molecule has 10 heteroatoms. The highest BCUT2D eigenvalue weighted by Gasteiger charge is 2.31. The van der Waals surface area contributed by atoms with Gasteiger partial charge in [0.2, 0.25) is 0 Å². The molecule has 0 unspecified atom stereocenters. The van der Waals surface area contributed by atoms with Crippen molar-refractivity contribution in [3.05, 3.63) is 93.8 Å². The largest absolute Gasteiger partial charge is 0.455 e. The maximum absolute atomic E-state index is 13.4. The van der Waals surface area contributed by atoms with E-state index in [-0.39, 0.29) is 28.4 Å². The lowest BCUT2D eigenvalue weighted by molar-refractivity contribution is -0.384. The van der Waals surface area contributed by atoms with Gasteiger partial charge in [-0.05, 0) is 42.5 Å². The van der Waals surface area contributed by atoms with Gasteiger partial charge in [0.15, 0.2) is 5.75 Å². The minimum absolute atomic E-state index is 0.0144. The average Bonchev–Trinajstić information content (AvgIpc) is 2.68. The number of anilines is 1. The number of amides is 1. The molecule has 1 N–H and O–H groups in total. The van der Waals surface area contributed by atoms with Crippen molar-refractivity contribution in [1.82, 2.24) is 0 Å². The first-order valence-corrected chi connectivity index (χ1v) is 8.34. The number of carbonyl (C=O) groups excluding carboxylic acids is 1. The summed E-state index contributed by atoms with van der Waals surface area (Å²) in [5.74, 6) is -1.56. The van der Waals surface area contributed by atoms with Gasteiger partial charge in [0.25, 0.3) is 11.6 Å². The Morgan fingerprint density at radius 2 is 1.70 bits per heavy atom. The number of halogens is 4. The summed E-state index contributed by atoms with van der Waals surface area (Å²) in [5.41, 5.74) is -1.61. The molecule has 0 aromatic heterocycles. The number of nitrogens with one attached hydrogen (secondary N) is 1. The van der Waals surface area contributed by atoms with E-state index in [9.17, 15) is 32.5 Å². The van der Waals surface area contributed by atoms with Crippen molar-refractivity contribution in [2.45, 2.75) is 6.18 Å². The molecular formula is C20H12F4N2O4. The van der Waals surface area contributed by atoms with Crippen LogP contribution in [0.5, 0.6) is 11.5 Å². The fraction of sp³-hybridized carbons (Fsp3) is 0.0500. The molecule has 0 spiro atoms. The summed E-state index contributed by atoms with van der Waals surface area (Å²) in [5, 5.41) is 13.0. The van der Waals surface area contributed by atoms with Gasteiger partial charge < -0.3 is 10.1 Å². The quantitative estimate of drug-likeness (QED) is 0.321. The van der Waals surface area contributed by atoms with Crippen LogP contribution in [0, 0.1) is 15.9 Å². The highest BCUT2D eigenvalue weighted by Crippen LogP contribution is 2.37. The number of ether oxygens (including phenoxy) is 1. The first-order valence-electron chi connectivity index (χ1n) is 8.34. The Morgan fingerprint density at radius 1 is 1.00 bits per heavy atom. The molecule has 0 fully saturated rings. The van der Waals surface area contributed by atoms with E-state index in [0.29, 0.717) is 6.07 Å². The standard InChI is InChI=1S/C20H12F4N2O4/c21-14-2-1-3-16(11-14)30-18-9-6-13(20(22,23)24)10-17(18)25-19(27)12-4-7-15(8-5-12)26(28)29/h1-11H,(H,25,27). The van der Waals surface area contributed by atoms with E-state index in [1.165, 1.54) is 12.1 Å². The molecule has 1 amide bonds. The minimum atomic E-state index is -4.68. The predicted octanol–water partition coefficient (Wildman–Crippen LogP) is 5.80. The van der Waals surface area contributed by atoms with Gasteiger partial charge in [0, 0.05) is 23.8 Å². The fourth-order valence-corrected chi connectivity index (χ4v) is 2.48. The Kier molecular flexibility index (Phi) is 5.67. The topological polar surface area (TPSA) is 81.5 Å². The van der Waals surface area contributed by atoms with E-state index in [1.807, 2.05) is 0 Å². The molecule has 0 aliphatic heterocycles. The second-order valence-corrected chi connectivity index (χ2v) is 6.03. The highest BCUT2D eigenvalue weighted by atomic mass is 19.4. The molecule has 3 aromatic carbocycles. The molecule has 0 aliphatic rings. The van der Waals surface area contributed by atoms with Gasteiger partial charge in [0.1, 0.15) is 11.6 Å². The molecule has 3 rings (SSSR count). The number of nitro groups is 1. The van der Waals surface area contributed by atoms with Crippen LogP contribution < -0.4 is 10.1 Å². The molecular weight excluding hydrogens is 408 g/mol. The monoisotopic (exact) mass is 420 g/mol. The molecule has 0 radical (unpaired) electrons. The second kappa shape index (κ2) is 8.19. The van der Waals surface area contributed by atoms with E-state index in [0.717, 1.165) is 48.5 Å². The first-order chi connectivity index (χ1) is 14.1. The molecule has 0 aliphatic carbocycles. The third-order valence-corrected chi connectivity index (χ3v) is 3.92. The molecule has 0 saturated heterocycles. The maximum atomic E-state index is 13.4. The van der Waals surface area contributed by atoms with Crippen LogP contribution in [0.2, 0.25) is 0 Å². The van der Waals surface area contributed by atoms with Crippen LogP contribution in [-0.2, 0) is 6.18 Å². The normalized spacial score (nSPS) is 11.1. The smallest absolute Gasteiger partial charge is 0.416 e. The van der Waals surface area contributed by atoms with Crippen molar-refractivity contribution in [1.29, 1.82) is 0 Å².